The fraction of sp³-hybridized carbons (Fsp3) is 0.444. The molecule has 1 aromatic rings. The summed E-state index contributed by atoms with van der Waals surface area (Å²) in [4.78, 5) is 16.7. The number of ether oxygens (including phenoxy) is 1. The standard InChI is InChI=1S/C27H40F2N5O3P/c1-7-12-33(21(6)35)13-9-10-18(3)15-23-22(11-14-37-27(29)38)16-24(32-23)25(36)17-26(30)34(31-8-2)20(5)19(4)28/h8,11,15-17,27,30,32,36H,3,7,9-10,12-14,38H2,1-2,4-6H3/b20-19-,22-11-,23-15+,25-17?,30-26?,31-8-. The lowest BCUT2D eigenvalue weighted by molar-refractivity contribution is -0.128. The lowest BCUT2D eigenvalue weighted by Gasteiger charge is -2.20. The Balaban J connectivity index is 3.29. The van der Waals surface area contributed by atoms with Gasteiger partial charge in [0.15, 0.2) is 0 Å². The molecule has 0 fully saturated rings. The average Bonchev–Trinajstić information content (AvgIpc) is 3.23. The Bertz CT molecular complexity index is 1180. The third kappa shape index (κ3) is 11.1. The van der Waals surface area contributed by atoms with Crippen molar-refractivity contribution >= 4 is 45.1 Å². The SMILES string of the molecule is C=C(/C=c1/[nH]c(C(O)=CC(=N)N(/N=C\C)/C(C)=C(/C)F)c/c1=C/COC(F)P)CCCN(CCC)C(C)=O. The zero-order valence-corrected chi connectivity index (χ0v) is 24.0. The number of alkyl halides is 1. The highest BCUT2D eigenvalue weighted by Gasteiger charge is 2.14. The zero-order chi connectivity index (χ0) is 28.8. The Morgan fingerprint density at radius 2 is 2.05 bits per heavy atom. The summed E-state index contributed by atoms with van der Waals surface area (Å²) in [6.07, 6.45) is 6.76. The smallest absolute Gasteiger partial charge is 0.219 e. The first-order valence-corrected chi connectivity index (χ1v) is 13.0. The molecule has 11 heteroatoms. The van der Waals surface area contributed by atoms with Crippen LogP contribution in [0.25, 0.3) is 17.9 Å². The van der Waals surface area contributed by atoms with Gasteiger partial charge in [-0.25, -0.2) is 13.8 Å². The van der Waals surface area contributed by atoms with Gasteiger partial charge in [-0.05, 0) is 63.5 Å². The number of carbonyl (C=O) groups excluding carboxylic acids is 1. The van der Waals surface area contributed by atoms with Gasteiger partial charge in [-0.1, -0.05) is 28.3 Å². The van der Waals surface area contributed by atoms with Crippen molar-refractivity contribution in [3.63, 3.8) is 0 Å². The number of hydrazone groups is 1. The van der Waals surface area contributed by atoms with E-state index in [1.807, 2.05) is 22.2 Å². The van der Waals surface area contributed by atoms with Crippen LogP contribution in [-0.4, -0.2) is 63.8 Å². The van der Waals surface area contributed by atoms with Crippen LogP contribution in [0.1, 0.15) is 59.6 Å². The van der Waals surface area contributed by atoms with E-state index in [0.29, 0.717) is 30.1 Å². The molecule has 2 atom stereocenters. The van der Waals surface area contributed by atoms with Crippen molar-refractivity contribution in [1.82, 2.24) is 14.9 Å². The number of aliphatic hydroxyl groups excluding tert-OH is 1. The first-order chi connectivity index (χ1) is 17.9. The highest BCUT2D eigenvalue weighted by molar-refractivity contribution is 7.16. The molecular weight excluding hydrogens is 511 g/mol. The third-order valence-corrected chi connectivity index (χ3v) is 5.67. The second-order valence-corrected chi connectivity index (χ2v) is 9.10. The molecule has 8 nitrogen and oxygen atoms in total. The van der Waals surface area contributed by atoms with Gasteiger partial charge in [0.1, 0.15) is 17.4 Å². The van der Waals surface area contributed by atoms with Crippen LogP contribution in [-0.2, 0) is 9.53 Å². The van der Waals surface area contributed by atoms with E-state index < -0.39 is 11.9 Å². The van der Waals surface area contributed by atoms with Gasteiger partial charge in [-0.15, -0.1) is 0 Å². The Morgan fingerprint density at radius 3 is 2.61 bits per heavy atom. The summed E-state index contributed by atoms with van der Waals surface area (Å²) in [5.74, 6) is -1.00. The first kappa shape index (κ1) is 32.9. The summed E-state index contributed by atoms with van der Waals surface area (Å²) in [7, 11) is 1.91. The monoisotopic (exact) mass is 551 g/mol. The predicted octanol–water partition coefficient (Wildman–Crippen LogP) is 4.72. The highest BCUT2D eigenvalue weighted by Crippen LogP contribution is 2.15. The lowest BCUT2D eigenvalue weighted by atomic mass is 10.1. The summed E-state index contributed by atoms with van der Waals surface area (Å²) < 4.78 is 31.8. The van der Waals surface area contributed by atoms with E-state index in [4.69, 9.17) is 10.1 Å². The normalized spacial score (nSPS) is 14.6. The Labute approximate surface area is 225 Å². The molecule has 3 N–H and O–H groups in total. The molecule has 0 saturated carbocycles. The van der Waals surface area contributed by atoms with E-state index >= 15 is 0 Å². The predicted molar refractivity (Wildman–Crippen MR) is 154 cm³/mol. The van der Waals surface area contributed by atoms with Gasteiger partial charge in [0.05, 0.1) is 18.0 Å². The van der Waals surface area contributed by atoms with Crippen molar-refractivity contribution in [2.45, 2.75) is 60.0 Å². The number of nitrogens with one attached hydrogen (secondary N) is 2. The minimum atomic E-state index is -1.52. The number of halogens is 2. The molecule has 1 heterocycles. The van der Waals surface area contributed by atoms with Crippen LogP contribution in [0.2, 0.25) is 0 Å². The number of hydrogen-bond donors (Lipinski definition) is 3. The summed E-state index contributed by atoms with van der Waals surface area (Å²) in [6.45, 7) is 13.4. The minimum Gasteiger partial charge on any atom is -0.506 e. The number of aromatic amines is 1. The second kappa shape index (κ2) is 16.7. The van der Waals surface area contributed by atoms with Gasteiger partial charge in [0.25, 0.3) is 0 Å². The van der Waals surface area contributed by atoms with Gasteiger partial charge in [0, 0.05) is 37.7 Å². The number of amidine groups is 1. The molecule has 0 bridgehead atoms. The van der Waals surface area contributed by atoms with E-state index in [1.54, 1.807) is 30.9 Å². The van der Waals surface area contributed by atoms with E-state index in [9.17, 15) is 18.7 Å². The van der Waals surface area contributed by atoms with E-state index in [2.05, 4.69) is 16.7 Å². The van der Waals surface area contributed by atoms with Crippen molar-refractivity contribution < 1.29 is 23.4 Å². The number of H-pyrrole nitrogens is 1. The maximum atomic E-state index is 13.8. The minimum absolute atomic E-state index is 0.0150. The molecule has 210 valence electrons. The number of carbonyl (C=O) groups is 1. The molecule has 1 amide bonds. The number of aromatic nitrogens is 1. The van der Waals surface area contributed by atoms with Crippen LogP contribution < -0.4 is 10.6 Å². The van der Waals surface area contributed by atoms with Crippen LogP contribution in [0.5, 0.6) is 0 Å². The number of amides is 1. The summed E-state index contributed by atoms with van der Waals surface area (Å²) >= 11 is 0. The number of allylic oxidation sites excluding steroid dienone is 3. The summed E-state index contributed by atoms with van der Waals surface area (Å²) in [6, 6.07) is 1.63. The average molecular weight is 552 g/mol. The van der Waals surface area contributed by atoms with Crippen molar-refractivity contribution in [1.29, 1.82) is 5.41 Å². The molecule has 0 spiro atoms. The van der Waals surface area contributed by atoms with E-state index in [-0.39, 0.29) is 35.5 Å². The molecule has 0 aliphatic rings. The fourth-order valence-electron chi connectivity index (χ4n) is 3.47. The maximum Gasteiger partial charge on any atom is 0.219 e. The summed E-state index contributed by atoms with van der Waals surface area (Å²) in [5, 5.41) is 25.3. The molecule has 0 aliphatic carbocycles. The zero-order valence-electron chi connectivity index (χ0n) is 22.9. The highest BCUT2D eigenvalue weighted by atomic mass is 31.0. The van der Waals surface area contributed by atoms with E-state index in [0.717, 1.165) is 29.5 Å². The first-order valence-electron chi connectivity index (χ1n) is 12.4. The molecule has 1 aromatic heterocycles. The van der Waals surface area contributed by atoms with Crippen molar-refractivity contribution in [3.8, 4) is 0 Å². The van der Waals surface area contributed by atoms with Gasteiger partial charge < -0.3 is 19.7 Å². The third-order valence-electron chi connectivity index (χ3n) is 5.48. The topological polar surface area (TPSA) is 105 Å². The van der Waals surface area contributed by atoms with E-state index in [1.165, 1.54) is 20.1 Å². The van der Waals surface area contributed by atoms with Crippen molar-refractivity contribution in [2.24, 2.45) is 5.10 Å². The molecule has 0 radical (unpaired) electrons. The molecule has 1 rings (SSSR count). The number of nitrogens with zero attached hydrogens (tertiary/aromatic N) is 3. The largest absolute Gasteiger partial charge is 0.506 e. The van der Waals surface area contributed by atoms with Crippen LogP contribution in [0.3, 0.4) is 0 Å². The van der Waals surface area contributed by atoms with Gasteiger partial charge in [-0.2, -0.15) is 5.10 Å². The fourth-order valence-corrected chi connectivity index (χ4v) is 3.58. The Kier molecular flexibility index (Phi) is 14.5. The second-order valence-electron chi connectivity index (χ2n) is 8.57. The molecule has 2 unspecified atom stereocenters. The molecule has 0 saturated heterocycles. The maximum absolute atomic E-state index is 13.8. The number of hydrogen-bond acceptors (Lipinski definition) is 5. The van der Waals surface area contributed by atoms with Crippen molar-refractivity contribution in [2.75, 3.05) is 19.7 Å². The van der Waals surface area contributed by atoms with Crippen LogP contribution in [0.15, 0.2) is 40.9 Å². The van der Waals surface area contributed by atoms with Crippen LogP contribution in [0.4, 0.5) is 8.78 Å². The molecular formula is C27H40F2N5O3P. The van der Waals surface area contributed by atoms with Gasteiger partial charge in [-0.3, -0.25) is 10.2 Å². The van der Waals surface area contributed by atoms with Crippen LogP contribution >= 0.6 is 9.24 Å². The molecule has 38 heavy (non-hydrogen) atoms. The quantitative estimate of drug-likeness (QED) is 0.102. The molecule has 0 aromatic carbocycles. The number of aliphatic hydroxyl groups is 1. The van der Waals surface area contributed by atoms with Crippen LogP contribution in [0, 0.1) is 5.41 Å². The number of rotatable bonds is 14. The van der Waals surface area contributed by atoms with Crippen molar-refractivity contribution in [3.05, 3.63) is 52.1 Å². The Morgan fingerprint density at radius 1 is 1.37 bits per heavy atom. The molecule has 0 aliphatic heterocycles. The van der Waals surface area contributed by atoms with Gasteiger partial charge in [0.2, 0.25) is 12.0 Å². The summed E-state index contributed by atoms with van der Waals surface area (Å²) in [5.41, 5.74) is 1.19. The Hall–Kier alpha value is -3.10. The van der Waals surface area contributed by atoms with Gasteiger partial charge >= 0.3 is 0 Å². The lowest BCUT2D eigenvalue weighted by Crippen LogP contribution is -2.30.